The lowest BCUT2D eigenvalue weighted by Crippen LogP contribution is -2.13. The number of hydrogen-bond acceptors (Lipinski definition) is 7. The lowest BCUT2D eigenvalue weighted by molar-refractivity contribution is -0.0418. The molecule has 7 nitrogen and oxygen atoms in total. The van der Waals surface area contributed by atoms with Gasteiger partial charge in [0.15, 0.2) is 6.79 Å². The molecule has 0 fully saturated rings. The summed E-state index contributed by atoms with van der Waals surface area (Å²) >= 11 is 0. The monoisotopic (exact) mass is 420 g/mol. The highest BCUT2D eigenvalue weighted by Gasteiger charge is 1.98. The third kappa shape index (κ3) is 25.3. The van der Waals surface area contributed by atoms with Crippen LogP contribution in [-0.2, 0) is 28.4 Å². The largest absolute Gasteiger partial charge is 0.470 e. The number of aliphatic hydroxyl groups excluding tert-OH is 1. The summed E-state index contributed by atoms with van der Waals surface area (Å²) in [5.74, 6) is 0.562. The first kappa shape index (κ1) is 28.3. The van der Waals surface area contributed by atoms with Crippen molar-refractivity contribution in [3.63, 3.8) is 0 Å². The van der Waals surface area contributed by atoms with E-state index in [9.17, 15) is 0 Å². The van der Waals surface area contributed by atoms with Crippen molar-refractivity contribution in [2.75, 3.05) is 72.9 Å². The second kappa shape index (κ2) is 25.3. The Labute approximate surface area is 177 Å². The van der Waals surface area contributed by atoms with Gasteiger partial charge in [0.05, 0.1) is 59.5 Å². The van der Waals surface area contributed by atoms with Gasteiger partial charge in [0.1, 0.15) is 12.4 Å². The third-order valence-corrected chi connectivity index (χ3v) is 4.10. The minimum absolute atomic E-state index is 0.0346. The predicted molar refractivity (Wildman–Crippen MR) is 114 cm³/mol. The number of aliphatic hydroxyl groups is 1. The lowest BCUT2D eigenvalue weighted by Gasteiger charge is -2.10. The minimum Gasteiger partial charge on any atom is -0.470 e. The highest BCUT2D eigenvalue weighted by molar-refractivity contribution is 4.80. The van der Waals surface area contributed by atoms with Crippen LogP contribution in [-0.4, -0.2) is 78.0 Å². The Morgan fingerprint density at radius 2 is 1.14 bits per heavy atom. The summed E-state index contributed by atoms with van der Waals surface area (Å²) < 4.78 is 32.0. The molecule has 0 spiro atoms. The maximum absolute atomic E-state index is 8.54. The van der Waals surface area contributed by atoms with Crippen molar-refractivity contribution in [3.05, 3.63) is 12.3 Å². The molecule has 0 aromatic heterocycles. The van der Waals surface area contributed by atoms with Crippen molar-refractivity contribution in [1.29, 1.82) is 0 Å². The van der Waals surface area contributed by atoms with Crippen LogP contribution in [0.4, 0.5) is 0 Å². The predicted octanol–water partition coefficient (Wildman–Crippen LogP) is 3.69. The minimum atomic E-state index is 0.0346. The van der Waals surface area contributed by atoms with Crippen LogP contribution in [0.15, 0.2) is 12.3 Å². The summed E-state index contributed by atoms with van der Waals surface area (Å²) in [6, 6.07) is 0. The molecule has 0 amide bonds. The van der Waals surface area contributed by atoms with E-state index >= 15 is 0 Å². The lowest BCUT2D eigenvalue weighted by atomic mass is 10.1. The summed E-state index contributed by atoms with van der Waals surface area (Å²) in [7, 11) is 0. The van der Waals surface area contributed by atoms with Crippen molar-refractivity contribution >= 4 is 0 Å². The summed E-state index contributed by atoms with van der Waals surface area (Å²) in [5.41, 5.74) is 0. The van der Waals surface area contributed by atoms with Gasteiger partial charge in [-0.05, 0) is 6.42 Å². The average Bonchev–Trinajstić information content (AvgIpc) is 2.72. The molecule has 0 aliphatic heterocycles. The molecule has 0 aliphatic rings. The molecule has 7 heteroatoms. The zero-order valence-electron chi connectivity index (χ0n) is 18.5. The molecule has 1 N–H and O–H groups in total. The Morgan fingerprint density at radius 1 is 0.621 bits per heavy atom. The van der Waals surface area contributed by atoms with E-state index in [1.54, 1.807) is 0 Å². The normalized spacial score (nSPS) is 11.1. The quantitative estimate of drug-likeness (QED) is 0.137. The average molecular weight is 421 g/mol. The first-order valence-corrected chi connectivity index (χ1v) is 11.1. The molecule has 0 saturated heterocycles. The molecule has 174 valence electrons. The first-order valence-electron chi connectivity index (χ1n) is 11.1. The van der Waals surface area contributed by atoms with Crippen LogP contribution >= 0.6 is 0 Å². The fourth-order valence-electron chi connectivity index (χ4n) is 2.47. The number of ether oxygens (including phenoxy) is 6. The van der Waals surface area contributed by atoms with E-state index in [4.69, 9.17) is 33.5 Å². The van der Waals surface area contributed by atoms with Crippen molar-refractivity contribution in [3.8, 4) is 0 Å². The van der Waals surface area contributed by atoms with Gasteiger partial charge < -0.3 is 33.5 Å². The summed E-state index contributed by atoms with van der Waals surface area (Å²) in [6.07, 6.45) is 10.3. The maximum Gasteiger partial charge on any atom is 0.188 e. The zero-order chi connectivity index (χ0) is 21.3. The molecule has 0 unspecified atom stereocenters. The molecule has 0 radical (unpaired) electrons. The van der Waals surface area contributed by atoms with Gasteiger partial charge in [-0.2, -0.15) is 0 Å². The molecule has 0 heterocycles. The molecule has 0 saturated carbocycles. The molecule has 0 bridgehead atoms. The Hall–Kier alpha value is -0.700. The van der Waals surface area contributed by atoms with Gasteiger partial charge in [0.2, 0.25) is 0 Å². The van der Waals surface area contributed by atoms with E-state index in [1.807, 2.05) is 0 Å². The molecular weight excluding hydrogens is 376 g/mol. The molecule has 0 aliphatic carbocycles. The fraction of sp³-hybridized carbons (Fsp3) is 0.909. The zero-order valence-corrected chi connectivity index (χ0v) is 18.5. The van der Waals surface area contributed by atoms with Gasteiger partial charge in [-0.3, -0.25) is 0 Å². The highest BCUT2D eigenvalue weighted by Crippen LogP contribution is 2.08. The fourth-order valence-corrected chi connectivity index (χ4v) is 2.47. The molecule has 29 heavy (non-hydrogen) atoms. The number of hydrogen-bond donors (Lipinski definition) is 1. The van der Waals surface area contributed by atoms with Crippen LogP contribution in [0.5, 0.6) is 0 Å². The molecule has 0 atom stereocenters. The van der Waals surface area contributed by atoms with Crippen LogP contribution in [0.1, 0.15) is 58.3 Å². The van der Waals surface area contributed by atoms with Gasteiger partial charge in [0.25, 0.3) is 0 Å². The van der Waals surface area contributed by atoms with Gasteiger partial charge >= 0.3 is 0 Å². The van der Waals surface area contributed by atoms with Crippen LogP contribution in [0.2, 0.25) is 0 Å². The van der Waals surface area contributed by atoms with Crippen molar-refractivity contribution < 1.29 is 33.5 Å². The van der Waals surface area contributed by atoms with E-state index in [0.717, 1.165) is 13.0 Å². The SMILES string of the molecule is C=C(COCCOCCOCCOCCO)OCOCCCCCCCCCC. The Bertz CT molecular complexity index is 326. The Balaban J connectivity index is 3.13. The molecule has 0 aromatic rings. The maximum atomic E-state index is 8.54. The van der Waals surface area contributed by atoms with E-state index in [0.29, 0.717) is 58.6 Å². The Morgan fingerprint density at radius 3 is 1.72 bits per heavy atom. The second-order valence-corrected chi connectivity index (χ2v) is 6.80. The summed E-state index contributed by atoms with van der Waals surface area (Å²) in [6.45, 7) is 10.7. The standard InChI is InChI=1S/C22H44O7/c1-3-4-5-6-7-8-9-10-12-28-21-29-22(2)20-27-19-18-26-17-16-25-15-14-24-13-11-23/h23H,2-21H2,1H3. The smallest absolute Gasteiger partial charge is 0.188 e. The highest BCUT2D eigenvalue weighted by atomic mass is 16.7. The van der Waals surface area contributed by atoms with Crippen LogP contribution in [0, 0.1) is 0 Å². The first-order chi connectivity index (χ1) is 14.3. The third-order valence-electron chi connectivity index (χ3n) is 4.10. The Kier molecular flexibility index (Phi) is 24.7. The van der Waals surface area contributed by atoms with Gasteiger partial charge in [-0.1, -0.05) is 58.4 Å². The van der Waals surface area contributed by atoms with E-state index in [1.165, 1.54) is 44.9 Å². The summed E-state index contributed by atoms with van der Waals surface area (Å²) in [5, 5.41) is 8.54. The van der Waals surface area contributed by atoms with Gasteiger partial charge in [-0.25, -0.2) is 0 Å². The van der Waals surface area contributed by atoms with E-state index < -0.39 is 0 Å². The van der Waals surface area contributed by atoms with Crippen LogP contribution in [0.3, 0.4) is 0 Å². The van der Waals surface area contributed by atoms with Crippen LogP contribution < -0.4 is 0 Å². The summed E-state index contributed by atoms with van der Waals surface area (Å²) in [4.78, 5) is 0. The van der Waals surface area contributed by atoms with Crippen molar-refractivity contribution in [2.24, 2.45) is 0 Å². The molecule has 0 aromatic carbocycles. The van der Waals surface area contributed by atoms with Gasteiger partial charge in [0, 0.05) is 0 Å². The second-order valence-electron chi connectivity index (χ2n) is 6.80. The number of rotatable bonds is 25. The van der Waals surface area contributed by atoms with Crippen LogP contribution in [0.25, 0.3) is 0 Å². The van der Waals surface area contributed by atoms with E-state index in [2.05, 4.69) is 13.5 Å². The van der Waals surface area contributed by atoms with Gasteiger partial charge in [-0.15, -0.1) is 0 Å². The molecule has 0 rings (SSSR count). The van der Waals surface area contributed by atoms with E-state index in [-0.39, 0.29) is 13.4 Å². The van der Waals surface area contributed by atoms with Crippen molar-refractivity contribution in [2.45, 2.75) is 58.3 Å². The molecular formula is C22H44O7. The number of unbranched alkanes of at least 4 members (excludes halogenated alkanes) is 7. The van der Waals surface area contributed by atoms with Crippen molar-refractivity contribution in [1.82, 2.24) is 0 Å². The topological polar surface area (TPSA) is 75.6 Å².